The van der Waals surface area contributed by atoms with E-state index < -0.39 is 18.0 Å². The number of alkyl halides is 3. The van der Waals surface area contributed by atoms with E-state index in [1.54, 1.807) is 38.5 Å². The highest BCUT2D eigenvalue weighted by Gasteiger charge is 2.34. The zero-order valence-electron chi connectivity index (χ0n) is 19.3. The van der Waals surface area contributed by atoms with Crippen LogP contribution in [-0.4, -0.2) is 47.3 Å². The molecule has 8 nitrogen and oxygen atoms in total. The van der Waals surface area contributed by atoms with Crippen molar-refractivity contribution >= 4 is 11.7 Å². The molecule has 1 aromatic heterocycles. The third kappa shape index (κ3) is 5.10. The lowest BCUT2D eigenvalue weighted by atomic mass is 9.87. The molecule has 3 N–H and O–H groups in total. The highest BCUT2D eigenvalue weighted by Crippen LogP contribution is 2.40. The standard InChI is InChI=1S/C24H25F3N4O4/c1-31(2)23(33)14-4-5-15(18(8-14)24(25,26)27)12-35-19-7-6-13(9-20(19)34-3)16-10-21(32)29-22-17(16)11-28-30-22/h4-9,11,16,23,33H,10,12H2,1-3H3,(H2,28,29,30,32). The fourth-order valence-corrected chi connectivity index (χ4v) is 4.06. The van der Waals surface area contributed by atoms with Crippen LogP contribution in [0.1, 0.15) is 46.4 Å². The number of ether oxygens (including phenoxy) is 2. The predicted octanol–water partition coefficient (Wildman–Crippen LogP) is 4.04. The molecule has 0 spiro atoms. The molecule has 2 unspecified atom stereocenters. The number of halogens is 3. The largest absolute Gasteiger partial charge is 0.493 e. The molecular formula is C24H25F3N4O4. The Balaban J connectivity index is 1.59. The van der Waals surface area contributed by atoms with Crippen LogP contribution in [0.15, 0.2) is 42.6 Å². The molecule has 0 aliphatic carbocycles. The van der Waals surface area contributed by atoms with Crippen LogP contribution in [0.5, 0.6) is 11.5 Å². The summed E-state index contributed by atoms with van der Waals surface area (Å²) in [6.45, 7) is -0.361. The van der Waals surface area contributed by atoms with Crippen LogP contribution >= 0.6 is 0 Å². The number of rotatable bonds is 7. The molecule has 0 saturated heterocycles. The lowest BCUT2D eigenvalue weighted by Crippen LogP contribution is -2.23. The number of nitrogens with zero attached hydrogens (tertiary/aromatic N) is 2. The van der Waals surface area contributed by atoms with Crippen molar-refractivity contribution in [3.05, 3.63) is 70.4 Å². The molecule has 186 valence electrons. The van der Waals surface area contributed by atoms with Crippen molar-refractivity contribution in [1.29, 1.82) is 0 Å². The van der Waals surface area contributed by atoms with Crippen molar-refractivity contribution in [1.82, 2.24) is 15.1 Å². The average Bonchev–Trinajstić information content (AvgIpc) is 3.29. The smallest absolute Gasteiger partial charge is 0.416 e. The number of aromatic amines is 1. The maximum atomic E-state index is 13.7. The number of nitrogens with one attached hydrogen (secondary N) is 2. The summed E-state index contributed by atoms with van der Waals surface area (Å²) in [4.78, 5) is 13.5. The SMILES string of the molecule is COc1cc(C2CC(=O)Nc3[nH]ncc32)ccc1OCc1ccc(C(O)N(C)C)cc1C(F)(F)F. The van der Waals surface area contributed by atoms with Crippen molar-refractivity contribution in [2.45, 2.75) is 31.3 Å². The maximum Gasteiger partial charge on any atom is 0.416 e. The Kier molecular flexibility index (Phi) is 6.73. The molecule has 0 saturated carbocycles. The number of aromatic nitrogens is 2. The number of hydrogen-bond donors (Lipinski definition) is 3. The Bertz CT molecular complexity index is 1230. The number of carbonyl (C=O) groups is 1. The van der Waals surface area contributed by atoms with Gasteiger partial charge in [0, 0.05) is 23.5 Å². The average molecular weight is 490 g/mol. The minimum Gasteiger partial charge on any atom is -0.493 e. The zero-order chi connectivity index (χ0) is 25.3. The number of aliphatic hydroxyl groups excluding tert-OH is 1. The summed E-state index contributed by atoms with van der Waals surface area (Å²) in [5, 5.41) is 19.6. The second kappa shape index (κ2) is 9.59. The first-order valence-electron chi connectivity index (χ1n) is 10.8. The van der Waals surface area contributed by atoms with Gasteiger partial charge < -0.3 is 19.9 Å². The van der Waals surface area contributed by atoms with E-state index in [1.807, 2.05) is 0 Å². The molecule has 4 rings (SSSR count). The number of amides is 1. The van der Waals surface area contributed by atoms with Gasteiger partial charge in [-0.3, -0.25) is 14.8 Å². The van der Waals surface area contributed by atoms with Crippen LogP contribution in [0.2, 0.25) is 0 Å². The number of H-pyrrole nitrogens is 1. The van der Waals surface area contributed by atoms with E-state index in [4.69, 9.17) is 9.47 Å². The summed E-state index contributed by atoms with van der Waals surface area (Å²) in [6, 6.07) is 8.73. The lowest BCUT2D eigenvalue weighted by molar-refractivity contribution is -0.138. The van der Waals surface area contributed by atoms with Crippen LogP contribution in [0, 0.1) is 0 Å². The Morgan fingerprint density at radius 3 is 2.66 bits per heavy atom. The monoisotopic (exact) mass is 490 g/mol. The summed E-state index contributed by atoms with van der Waals surface area (Å²) in [7, 11) is 4.57. The number of hydrogen-bond acceptors (Lipinski definition) is 6. The van der Waals surface area contributed by atoms with Gasteiger partial charge in [0.2, 0.25) is 5.91 Å². The predicted molar refractivity (Wildman–Crippen MR) is 121 cm³/mol. The third-order valence-electron chi connectivity index (χ3n) is 5.90. The van der Waals surface area contributed by atoms with Gasteiger partial charge >= 0.3 is 6.18 Å². The van der Waals surface area contributed by atoms with Crippen molar-refractivity contribution in [3.63, 3.8) is 0 Å². The topological polar surface area (TPSA) is 99.7 Å². The van der Waals surface area contributed by atoms with E-state index in [1.165, 1.54) is 24.1 Å². The van der Waals surface area contributed by atoms with E-state index in [0.717, 1.165) is 17.2 Å². The van der Waals surface area contributed by atoms with Gasteiger partial charge in [-0.15, -0.1) is 0 Å². The molecule has 11 heteroatoms. The number of fused-ring (bicyclic) bond motifs is 1. The van der Waals surface area contributed by atoms with Gasteiger partial charge in [0.25, 0.3) is 0 Å². The number of carbonyl (C=O) groups excluding carboxylic acids is 1. The molecule has 1 aliphatic heterocycles. The van der Waals surface area contributed by atoms with Crippen LogP contribution in [0.4, 0.5) is 19.0 Å². The quantitative estimate of drug-likeness (QED) is 0.433. The van der Waals surface area contributed by atoms with Gasteiger partial charge in [-0.05, 0) is 43.4 Å². The van der Waals surface area contributed by atoms with Crippen LogP contribution in [-0.2, 0) is 17.6 Å². The Morgan fingerprint density at radius 2 is 1.97 bits per heavy atom. The first-order chi connectivity index (χ1) is 16.6. The summed E-state index contributed by atoms with van der Waals surface area (Å²) in [5.41, 5.74) is 0.778. The molecule has 2 aromatic carbocycles. The molecule has 2 atom stereocenters. The van der Waals surface area contributed by atoms with E-state index in [9.17, 15) is 23.1 Å². The van der Waals surface area contributed by atoms with E-state index in [0.29, 0.717) is 11.6 Å². The van der Waals surface area contributed by atoms with Crippen LogP contribution in [0.3, 0.4) is 0 Å². The Morgan fingerprint density at radius 1 is 1.20 bits per heavy atom. The molecule has 2 heterocycles. The fourth-order valence-electron chi connectivity index (χ4n) is 4.06. The molecule has 3 aromatic rings. The van der Waals surface area contributed by atoms with Gasteiger partial charge in [-0.2, -0.15) is 18.3 Å². The van der Waals surface area contributed by atoms with Gasteiger partial charge in [0.05, 0.1) is 18.9 Å². The highest BCUT2D eigenvalue weighted by atomic mass is 19.4. The number of aliphatic hydroxyl groups is 1. The van der Waals surface area contributed by atoms with E-state index in [2.05, 4.69) is 15.5 Å². The number of methoxy groups -OCH3 is 1. The third-order valence-corrected chi connectivity index (χ3v) is 5.90. The normalized spacial score (nSPS) is 16.6. The zero-order valence-corrected chi connectivity index (χ0v) is 19.3. The first kappa shape index (κ1) is 24.6. The molecule has 35 heavy (non-hydrogen) atoms. The molecule has 0 bridgehead atoms. The molecule has 1 aliphatic rings. The highest BCUT2D eigenvalue weighted by molar-refractivity contribution is 5.94. The van der Waals surface area contributed by atoms with Crippen molar-refractivity contribution in [3.8, 4) is 11.5 Å². The van der Waals surface area contributed by atoms with Crippen molar-refractivity contribution < 1.29 is 32.5 Å². The number of benzene rings is 2. The van der Waals surface area contributed by atoms with Gasteiger partial charge in [0.15, 0.2) is 11.5 Å². The minimum absolute atomic E-state index is 0.0784. The Hall–Kier alpha value is -3.57. The van der Waals surface area contributed by atoms with Crippen molar-refractivity contribution in [2.75, 3.05) is 26.5 Å². The first-order valence-corrected chi connectivity index (χ1v) is 10.8. The van der Waals surface area contributed by atoms with Crippen molar-refractivity contribution in [2.24, 2.45) is 0 Å². The maximum absolute atomic E-state index is 13.7. The van der Waals surface area contributed by atoms with E-state index >= 15 is 0 Å². The number of anilines is 1. The van der Waals surface area contributed by atoms with Gasteiger partial charge in [-0.25, -0.2) is 0 Å². The van der Waals surface area contributed by atoms with Crippen LogP contribution in [0.25, 0.3) is 0 Å². The summed E-state index contributed by atoms with van der Waals surface area (Å²) in [6.07, 6.45) is -3.93. The van der Waals surface area contributed by atoms with Crippen LogP contribution < -0.4 is 14.8 Å². The molecule has 0 fully saturated rings. The molecule has 1 amide bonds. The second-order valence-electron chi connectivity index (χ2n) is 8.46. The molecular weight excluding hydrogens is 465 g/mol. The summed E-state index contributed by atoms with van der Waals surface area (Å²) in [5.74, 6) is 0.704. The molecule has 0 radical (unpaired) electrons. The second-order valence-corrected chi connectivity index (χ2v) is 8.46. The summed E-state index contributed by atoms with van der Waals surface area (Å²) >= 11 is 0. The van der Waals surface area contributed by atoms with Gasteiger partial charge in [0.1, 0.15) is 18.7 Å². The minimum atomic E-state index is -4.63. The lowest BCUT2D eigenvalue weighted by Gasteiger charge is -2.23. The summed E-state index contributed by atoms with van der Waals surface area (Å²) < 4.78 is 52.3. The van der Waals surface area contributed by atoms with E-state index in [-0.39, 0.29) is 41.7 Å². The fraction of sp³-hybridized carbons (Fsp3) is 0.333. The Labute approximate surface area is 199 Å². The van der Waals surface area contributed by atoms with Gasteiger partial charge in [-0.1, -0.05) is 18.2 Å².